The molecule has 3 N–H and O–H groups in total. The van der Waals surface area contributed by atoms with Crippen LogP contribution >= 0.6 is 0 Å². The minimum Gasteiger partial charge on any atom is -0.457 e. The van der Waals surface area contributed by atoms with Gasteiger partial charge < -0.3 is 20.1 Å². The van der Waals surface area contributed by atoms with Crippen molar-refractivity contribution >= 4 is 0 Å². The standard InChI is InChI=1S/C16H16O5/c17-16(18,19)21-15(13-7-2-1-3-8-13)11-10-12-6-4-5-9-14(12)20-15/h1-9,17-19H,10-11H2. The van der Waals surface area contributed by atoms with Crippen LogP contribution in [0.1, 0.15) is 17.5 Å². The molecule has 1 unspecified atom stereocenters. The molecule has 21 heavy (non-hydrogen) atoms. The zero-order valence-electron chi connectivity index (χ0n) is 11.3. The van der Waals surface area contributed by atoms with E-state index in [-0.39, 0.29) is 0 Å². The summed E-state index contributed by atoms with van der Waals surface area (Å²) in [6.45, 7) is 0. The van der Waals surface area contributed by atoms with Gasteiger partial charge in [-0.2, -0.15) is 0 Å². The first-order valence-electron chi connectivity index (χ1n) is 6.68. The van der Waals surface area contributed by atoms with Crippen LogP contribution in [0.4, 0.5) is 0 Å². The largest absolute Gasteiger partial charge is 0.457 e. The Morgan fingerprint density at radius 1 is 0.952 bits per heavy atom. The second-order valence-electron chi connectivity index (χ2n) is 5.00. The molecule has 2 aromatic carbocycles. The van der Waals surface area contributed by atoms with Crippen molar-refractivity contribution in [1.82, 2.24) is 0 Å². The van der Waals surface area contributed by atoms with Crippen molar-refractivity contribution in [3.63, 3.8) is 0 Å². The Balaban J connectivity index is 2.03. The Bertz CT molecular complexity index is 620. The lowest BCUT2D eigenvalue weighted by molar-refractivity contribution is -0.506. The quantitative estimate of drug-likeness (QED) is 0.745. The number of benzene rings is 2. The maximum absolute atomic E-state index is 9.25. The molecular formula is C16H16O5. The molecule has 0 amide bonds. The summed E-state index contributed by atoms with van der Waals surface area (Å²) in [4.78, 5) is 0. The fourth-order valence-corrected chi connectivity index (χ4v) is 2.59. The molecule has 0 aliphatic carbocycles. The number of rotatable bonds is 3. The average Bonchev–Trinajstić information content (AvgIpc) is 2.46. The van der Waals surface area contributed by atoms with Crippen molar-refractivity contribution in [3.8, 4) is 5.75 Å². The van der Waals surface area contributed by atoms with Gasteiger partial charge in [0, 0.05) is 12.0 Å². The summed E-state index contributed by atoms with van der Waals surface area (Å²) in [6.07, 6.45) is -2.30. The summed E-state index contributed by atoms with van der Waals surface area (Å²) < 4.78 is 10.9. The van der Waals surface area contributed by atoms with E-state index in [1.54, 1.807) is 30.3 Å². The summed E-state index contributed by atoms with van der Waals surface area (Å²) in [5.41, 5.74) is 1.60. The van der Waals surface area contributed by atoms with Crippen molar-refractivity contribution in [2.75, 3.05) is 0 Å². The van der Waals surface area contributed by atoms with Crippen LogP contribution in [0.2, 0.25) is 0 Å². The Hall–Kier alpha value is -1.92. The summed E-state index contributed by atoms with van der Waals surface area (Å²) in [7, 11) is 0. The number of hydrogen-bond donors (Lipinski definition) is 3. The van der Waals surface area contributed by atoms with E-state index in [4.69, 9.17) is 9.47 Å². The Morgan fingerprint density at radius 3 is 2.33 bits per heavy atom. The van der Waals surface area contributed by atoms with Crippen LogP contribution in [0.15, 0.2) is 54.6 Å². The zero-order valence-corrected chi connectivity index (χ0v) is 11.3. The smallest absolute Gasteiger partial charge is 0.408 e. The molecule has 0 radical (unpaired) electrons. The molecule has 3 rings (SSSR count). The van der Waals surface area contributed by atoms with Gasteiger partial charge in [-0.15, -0.1) is 0 Å². The number of aryl methyl sites for hydroxylation is 1. The normalized spacial score (nSPS) is 21.5. The minimum atomic E-state index is -3.28. The van der Waals surface area contributed by atoms with Gasteiger partial charge in [-0.3, -0.25) is 4.74 Å². The van der Waals surface area contributed by atoms with Gasteiger partial charge in [0.15, 0.2) is 0 Å². The highest BCUT2D eigenvalue weighted by Crippen LogP contribution is 2.41. The molecule has 0 saturated heterocycles. The predicted molar refractivity (Wildman–Crippen MR) is 74.0 cm³/mol. The molecule has 5 heteroatoms. The highest BCUT2D eigenvalue weighted by molar-refractivity contribution is 5.37. The fourth-order valence-electron chi connectivity index (χ4n) is 2.59. The van der Waals surface area contributed by atoms with Crippen LogP contribution in [0.5, 0.6) is 5.75 Å². The molecule has 0 spiro atoms. The van der Waals surface area contributed by atoms with E-state index in [1.165, 1.54) is 0 Å². The lowest BCUT2D eigenvalue weighted by atomic mass is 9.94. The van der Waals surface area contributed by atoms with Gasteiger partial charge in [0.25, 0.3) is 0 Å². The van der Waals surface area contributed by atoms with Crippen molar-refractivity contribution in [1.29, 1.82) is 0 Å². The first-order valence-corrected chi connectivity index (χ1v) is 6.68. The summed E-state index contributed by atoms with van der Waals surface area (Å²) >= 11 is 0. The first-order chi connectivity index (χ1) is 9.99. The van der Waals surface area contributed by atoms with Crippen LogP contribution in [-0.2, 0) is 16.9 Å². The molecule has 0 fully saturated rings. The molecular weight excluding hydrogens is 272 g/mol. The highest BCUT2D eigenvalue weighted by atomic mass is 16.9. The van der Waals surface area contributed by atoms with Crippen LogP contribution in [-0.4, -0.2) is 21.5 Å². The van der Waals surface area contributed by atoms with E-state index < -0.39 is 11.9 Å². The van der Waals surface area contributed by atoms with Gasteiger partial charge in [-0.1, -0.05) is 48.5 Å². The second kappa shape index (κ2) is 5.13. The molecule has 0 aromatic heterocycles. The molecule has 1 aliphatic heterocycles. The molecule has 5 nitrogen and oxygen atoms in total. The van der Waals surface area contributed by atoms with E-state index in [0.29, 0.717) is 24.2 Å². The molecule has 1 atom stereocenters. The zero-order chi connectivity index (χ0) is 14.9. The number of para-hydroxylation sites is 1. The van der Waals surface area contributed by atoms with Gasteiger partial charge in [0.2, 0.25) is 5.79 Å². The lowest BCUT2D eigenvalue weighted by Gasteiger charge is -2.40. The van der Waals surface area contributed by atoms with Crippen molar-refractivity contribution in [3.05, 3.63) is 65.7 Å². The predicted octanol–water partition coefficient (Wildman–Crippen LogP) is 1.47. The highest BCUT2D eigenvalue weighted by Gasteiger charge is 2.45. The lowest BCUT2D eigenvalue weighted by Crippen LogP contribution is -2.48. The maximum atomic E-state index is 9.25. The third-order valence-electron chi connectivity index (χ3n) is 3.49. The molecule has 0 saturated carbocycles. The van der Waals surface area contributed by atoms with Crippen LogP contribution in [0.3, 0.4) is 0 Å². The molecule has 0 bridgehead atoms. The summed E-state index contributed by atoms with van der Waals surface area (Å²) in [5, 5.41) is 27.8. The Kier molecular flexibility index (Phi) is 3.43. The Labute approximate surface area is 122 Å². The topological polar surface area (TPSA) is 79.2 Å². The van der Waals surface area contributed by atoms with E-state index in [0.717, 1.165) is 5.56 Å². The monoisotopic (exact) mass is 288 g/mol. The number of fused-ring (bicyclic) bond motifs is 1. The van der Waals surface area contributed by atoms with Gasteiger partial charge in [0.1, 0.15) is 5.75 Å². The van der Waals surface area contributed by atoms with Gasteiger partial charge in [-0.05, 0) is 18.1 Å². The minimum absolute atomic E-state index is 0.345. The van der Waals surface area contributed by atoms with E-state index in [9.17, 15) is 15.3 Å². The number of aliphatic hydroxyl groups is 3. The third kappa shape index (κ3) is 2.91. The van der Waals surface area contributed by atoms with Crippen molar-refractivity contribution < 1.29 is 24.8 Å². The van der Waals surface area contributed by atoms with Crippen LogP contribution in [0.25, 0.3) is 0 Å². The number of hydrogen-bond acceptors (Lipinski definition) is 5. The maximum Gasteiger partial charge on any atom is 0.408 e. The fraction of sp³-hybridized carbons (Fsp3) is 0.250. The molecule has 2 aromatic rings. The molecule has 1 aliphatic rings. The molecule has 1 heterocycles. The van der Waals surface area contributed by atoms with E-state index in [1.807, 2.05) is 24.3 Å². The van der Waals surface area contributed by atoms with Gasteiger partial charge in [-0.25, -0.2) is 0 Å². The summed E-state index contributed by atoms with van der Waals surface area (Å²) in [6, 6.07) is 16.4. The van der Waals surface area contributed by atoms with E-state index in [2.05, 4.69) is 0 Å². The summed E-state index contributed by atoms with van der Waals surface area (Å²) in [5.74, 6) is -0.856. The van der Waals surface area contributed by atoms with Gasteiger partial charge in [0.05, 0.1) is 0 Å². The van der Waals surface area contributed by atoms with E-state index >= 15 is 0 Å². The molecule has 110 valence electrons. The number of ether oxygens (including phenoxy) is 2. The van der Waals surface area contributed by atoms with Crippen molar-refractivity contribution in [2.45, 2.75) is 24.8 Å². The van der Waals surface area contributed by atoms with Crippen molar-refractivity contribution in [2.24, 2.45) is 0 Å². The third-order valence-corrected chi connectivity index (χ3v) is 3.49. The SMILES string of the molecule is OC(O)(O)OC1(c2ccccc2)CCc2ccccc2O1. The Morgan fingerprint density at radius 2 is 1.62 bits per heavy atom. The van der Waals surface area contributed by atoms with Crippen LogP contribution in [0, 0.1) is 0 Å². The van der Waals surface area contributed by atoms with Gasteiger partial charge >= 0.3 is 6.16 Å². The van der Waals surface area contributed by atoms with Crippen LogP contribution < -0.4 is 4.74 Å². The average molecular weight is 288 g/mol. The second-order valence-corrected chi connectivity index (χ2v) is 5.00. The first kappa shape index (κ1) is 14.0.